The van der Waals surface area contributed by atoms with E-state index in [1.165, 1.54) is 70.6 Å². The molecule has 0 aromatic rings. The molecule has 28 heavy (non-hydrogen) atoms. The fraction of sp³-hybridized carbons (Fsp3) is 0.958. The quantitative estimate of drug-likeness (QED) is 0.313. The van der Waals surface area contributed by atoms with Gasteiger partial charge < -0.3 is 14.7 Å². The second-order valence-electron chi connectivity index (χ2n) is 8.96. The fourth-order valence-corrected chi connectivity index (χ4v) is 4.10. The highest BCUT2D eigenvalue weighted by atomic mass is 16.5. The Bertz CT molecular complexity index is 386. The van der Waals surface area contributed by atoms with Crippen molar-refractivity contribution < 1.29 is 14.6 Å². The Morgan fingerprint density at radius 3 is 1.93 bits per heavy atom. The van der Waals surface area contributed by atoms with Crippen molar-refractivity contribution in [3.8, 4) is 0 Å². The Labute approximate surface area is 174 Å². The fourth-order valence-electron chi connectivity index (χ4n) is 4.10. The van der Waals surface area contributed by atoms with Crippen molar-refractivity contribution >= 4 is 5.91 Å². The maximum Gasteiger partial charge on any atom is 0.222 e. The average molecular weight is 398 g/mol. The highest BCUT2D eigenvalue weighted by Gasteiger charge is 2.34. The topological polar surface area (TPSA) is 49.8 Å². The minimum atomic E-state index is -0.392. The Morgan fingerprint density at radius 2 is 1.43 bits per heavy atom. The lowest BCUT2D eigenvalue weighted by Crippen LogP contribution is -2.39. The van der Waals surface area contributed by atoms with Gasteiger partial charge in [-0.15, -0.1) is 0 Å². The lowest BCUT2D eigenvalue weighted by Gasteiger charge is -2.25. The molecular weight excluding hydrogens is 350 g/mol. The van der Waals surface area contributed by atoms with Gasteiger partial charge in [-0.25, -0.2) is 0 Å². The molecular formula is C24H47NO3. The van der Waals surface area contributed by atoms with Crippen LogP contribution >= 0.6 is 0 Å². The van der Waals surface area contributed by atoms with E-state index in [9.17, 15) is 9.90 Å². The molecule has 0 unspecified atom stereocenters. The highest BCUT2D eigenvalue weighted by molar-refractivity contribution is 5.76. The molecule has 1 aliphatic rings. The summed E-state index contributed by atoms with van der Waals surface area (Å²) in [7, 11) is 0. The van der Waals surface area contributed by atoms with Crippen molar-refractivity contribution in [2.45, 2.75) is 135 Å². The number of aliphatic hydroxyl groups excluding tert-OH is 1. The van der Waals surface area contributed by atoms with Gasteiger partial charge in [0.15, 0.2) is 0 Å². The third kappa shape index (κ3) is 12.1. The molecule has 1 amide bonds. The lowest BCUT2D eigenvalue weighted by molar-refractivity contribution is -0.133. The lowest BCUT2D eigenvalue weighted by atomic mass is 10.0. The number of rotatable bonds is 17. The zero-order valence-electron chi connectivity index (χ0n) is 19.0. The van der Waals surface area contributed by atoms with E-state index in [2.05, 4.69) is 6.92 Å². The van der Waals surface area contributed by atoms with Gasteiger partial charge in [0.1, 0.15) is 0 Å². The van der Waals surface area contributed by atoms with Crippen molar-refractivity contribution in [3.05, 3.63) is 0 Å². The average Bonchev–Trinajstić information content (AvgIpc) is 3.04. The van der Waals surface area contributed by atoms with Crippen LogP contribution in [0.4, 0.5) is 0 Å². The van der Waals surface area contributed by atoms with Crippen LogP contribution in [0.1, 0.15) is 117 Å². The van der Waals surface area contributed by atoms with Crippen molar-refractivity contribution in [1.29, 1.82) is 0 Å². The molecule has 0 spiro atoms. The van der Waals surface area contributed by atoms with Crippen LogP contribution in [0.5, 0.6) is 0 Å². The predicted octanol–water partition coefficient (Wildman–Crippen LogP) is 5.85. The SMILES string of the molecule is CCCCCCCCCCCCCCCC(=O)N1C[C@H](O)C[C@H]1COC(C)C. The number of amides is 1. The number of β-amino-alcohol motifs (C(OH)–C–C–N with tert-alkyl or cyclic N) is 1. The van der Waals surface area contributed by atoms with Crippen LogP contribution in [0.3, 0.4) is 0 Å². The number of carbonyl (C=O) groups excluding carboxylic acids is 1. The van der Waals surface area contributed by atoms with Crippen LogP contribution in [0, 0.1) is 0 Å². The number of ether oxygens (including phenoxy) is 1. The summed E-state index contributed by atoms with van der Waals surface area (Å²) in [5, 5.41) is 9.92. The monoisotopic (exact) mass is 397 g/mol. The summed E-state index contributed by atoms with van der Waals surface area (Å²) in [5.41, 5.74) is 0. The molecule has 166 valence electrons. The number of likely N-dealkylation sites (tertiary alicyclic amines) is 1. The maximum absolute atomic E-state index is 12.5. The number of hydrogen-bond acceptors (Lipinski definition) is 3. The van der Waals surface area contributed by atoms with E-state index in [0.29, 0.717) is 26.0 Å². The first-order valence-electron chi connectivity index (χ1n) is 12.1. The van der Waals surface area contributed by atoms with Crippen LogP contribution in [-0.4, -0.2) is 47.3 Å². The number of aliphatic hydroxyl groups is 1. The first kappa shape index (κ1) is 25.4. The minimum absolute atomic E-state index is 0.0480. The van der Waals surface area contributed by atoms with E-state index in [4.69, 9.17) is 4.74 Å². The highest BCUT2D eigenvalue weighted by Crippen LogP contribution is 2.21. The van der Waals surface area contributed by atoms with Crippen molar-refractivity contribution in [3.63, 3.8) is 0 Å². The van der Waals surface area contributed by atoms with Gasteiger partial charge in [0.2, 0.25) is 5.91 Å². The van der Waals surface area contributed by atoms with Crippen LogP contribution in [-0.2, 0) is 9.53 Å². The summed E-state index contributed by atoms with van der Waals surface area (Å²) >= 11 is 0. The van der Waals surface area contributed by atoms with E-state index in [1.54, 1.807) is 0 Å². The normalized spacial score (nSPS) is 19.7. The van der Waals surface area contributed by atoms with Gasteiger partial charge in [0.05, 0.1) is 24.9 Å². The van der Waals surface area contributed by atoms with Crippen LogP contribution < -0.4 is 0 Å². The van der Waals surface area contributed by atoms with Crippen LogP contribution in [0.25, 0.3) is 0 Å². The largest absolute Gasteiger partial charge is 0.391 e. The molecule has 4 nitrogen and oxygen atoms in total. The first-order chi connectivity index (χ1) is 13.5. The van der Waals surface area contributed by atoms with Gasteiger partial charge in [0.25, 0.3) is 0 Å². The second kappa shape index (κ2) is 16.2. The van der Waals surface area contributed by atoms with Crippen LogP contribution in [0.2, 0.25) is 0 Å². The van der Waals surface area contributed by atoms with Gasteiger partial charge in [-0.05, 0) is 26.7 Å². The Kier molecular flexibility index (Phi) is 14.7. The summed E-state index contributed by atoms with van der Waals surface area (Å²) in [4.78, 5) is 14.4. The standard InChI is InChI=1S/C24H47NO3/c1-4-5-6-7-8-9-10-11-12-13-14-15-16-17-24(27)25-19-23(26)18-22(25)20-28-21(2)3/h21-23,26H,4-20H2,1-3H3/t22-,23+/m0/s1. The van der Waals surface area contributed by atoms with E-state index >= 15 is 0 Å². The number of unbranched alkanes of at least 4 members (excludes halogenated alkanes) is 12. The Morgan fingerprint density at radius 1 is 0.929 bits per heavy atom. The molecule has 4 heteroatoms. The van der Waals surface area contributed by atoms with E-state index in [-0.39, 0.29) is 18.1 Å². The van der Waals surface area contributed by atoms with Crippen LogP contribution in [0.15, 0.2) is 0 Å². The molecule has 1 fully saturated rings. The Hall–Kier alpha value is -0.610. The number of hydrogen-bond donors (Lipinski definition) is 1. The molecule has 1 rings (SSSR count). The summed E-state index contributed by atoms with van der Waals surface area (Å²) in [6.45, 7) is 7.30. The molecule has 0 bridgehead atoms. The second-order valence-corrected chi connectivity index (χ2v) is 8.96. The molecule has 1 N–H and O–H groups in total. The summed E-state index contributed by atoms with van der Waals surface area (Å²) < 4.78 is 5.67. The number of nitrogens with zero attached hydrogens (tertiary/aromatic N) is 1. The summed E-state index contributed by atoms with van der Waals surface area (Å²) in [6, 6.07) is 0.0480. The van der Waals surface area contributed by atoms with E-state index in [0.717, 1.165) is 12.8 Å². The van der Waals surface area contributed by atoms with Gasteiger partial charge in [0, 0.05) is 13.0 Å². The smallest absolute Gasteiger partial charge is 0.222 e. The third-order valence-corrected chi connectivity index (χ3v) is 5.83. The van der Waals surface area contributed by atoms with Gasteiger partial charge >= 0.3 is 0 Å². The first-order valence-corrected chi connectivity index (χ1v) is 12.1. The molecule has 0 aromatic heterocycles. The number of carbonyl (C=O) groups is 1. The molecule has 0 saturated carbocycles. The third-order valence-electron chi connectivity index (χ3n) is 5.83. The summed E-state index contributed by atoms with van der Waals surface area (Å²) in [6.07, 6.45) is 18.2. The minimum Gasteiger partial charge on any atom is -0.391 e. The van der Waals surface area contributed by atoms with E-state index < -0.39 is 6.10 Å². The van der Waals surface area contributed by atoms with Gasteiger partial charge in [-0.1, -0.05) is 84.0 Å². The Balaban J connectivity index is 1.98. The zero-order chi connectivity index (χ0) is 20.6. The molecule has 1 saturated heterocycles. The van der Waals surface area contributed by atoms with E-state index in [1.807, 2.05) is 18.7 Å². The van der Waals surface area contributed by atoms with Gasteiger partial charge in [-0.2, -0.15) is 0 Å². The molecule has 2 atom stereocenters. The van der Waals surface area contributed by atoms with Crippen molar-refractivity contribution in [1.82, 2.24) is 4.90 Å². The van der Waals surface area contributed by atoms with Crippen molar-refractivity contribution in [2.75, 3.05) is 13.2 Å². The van der Waals surface area contributed by atoms with Gasteiger partial charge in [-0.3, -0.25) is 4.79 Å². The molecule has 0 aromatic carbocycles. The predicted molar refractivity (Wildman–Crippen MR) is 118 cm³/mol. The molecule has 0 radical (unpaired) electrons. The molecule has 1 aliphatic heterocycles. The maximum atomic E-state index is 12.5. The zero-order valence-corrected chi connectivity index (χ0v) is 19.0. The van der Waals surface area contributed by atoms with Crippen molar-refractivity contribution in [2.24, 2.45) is 0 Å². The molecule has 1 heterocycles. The summed E-state index contributed by atoms with van der Waals surface area (Å²) in [5.74, 6) is 0.192. The molecule has 0 aliphatic carbocycles.